The maximum atomic E-state index is 4.29. The third-order valence-corrected chi connectivity index (χ3v) is 2.53. The summed E-state index contributed by atoms with van der Waals surface area (Å²) in [6, 6.07) is 10.5. The van der Waals surface area contributed by atoms with Gasteiger partial charge in [0, 0.05) is 22.5 Å². The van der Waals surface area contributed by atoms with Crippen molar-refractivity contribution < 1.29 is 0 Å². The monoisotopic (exact) mass is 182 g/mol. The summed E-state index contributed by atoms with van der Waals surface area (Å²) in [5.41, 5.74) is 3.40. The van der Waals surface area contributed by atoms with Gasteiger partial charge in [-0.25, -0.2) is 4.98 Å². The Morgan fingerprint density at radius 3 is 3.00 bits per heavy atom. The molecule has 0 bridgehead atoms. The molecule has 0 unspecified atom stereocenters. The second-order valence-corrected chi connectivity index (χ2v) is 3.57. The number of aromatic amines is 1. The van der Waals surface area contributed by atoms with Gasteiger partial charge < -0.3 is 4.98 Å². The van der Waals surface area contributed by atoms with Crippen LogP contribution in [0.5, 0.6) is 0 Å². The van der Waals surface area contributed by atoms with E-state index >= 15 is 0 Å². The lowest BCUT2D eigenvalue weighted by atomic mass is 10.1. The molecule has 0 atom stereocenters. The Morgan fingerprint density at radius 2 is 2.07 bits per heavy atom. The number of H-pyrrole nitrogens is 1. The fourth-order valence-corrected chi connectivity index (χ4v) is 1.85. The number of aryl methyl sites for hydroxylation is 1. The number of pyridine rings is 1. The van der Waals surface area contributed by atoms with Gasteiger partial charge in [-0.15, -0.1) is 0 Å². The van der Waals surface area contributed by atoms with Crippen LogP contribution in [0.25, 0.3) is 21.9 Å². The average molecular weight is 182 g/mol. The highest BCUT2D eigenvalue weighted by molar-refractivity contribution is 6.05. The fourth-order valence-electron chi connectivity index (χ4n) is 1.85. The molecule has 0 saturated heterocycles. The maximum absolute atomic E-state index is 4.29. The largest absolute Gasteiger partial charge is 0.339 e. The quantitative estimate of drug-likeness (QED) is 0.568. The highest BCUT2D eigenvalue weighted by atomic mass is 14.8. The molecular weight excluding hydrogens is 172 g/mol. The molecule has 0 aliphatic heterocycles. The summed E-state index contributed by atoms with van der Waals surface area (Å²) in [5, 5.41) is 2.45. The van der Waals surface area contributed by atoms with Crippen LogP contribution in [0.3, 0.4) is 0 Å². The van der Waals surface area contributed by atoms with Crippen LogP contribution in [-0.2, 0) is 0 Å². The van der Waals surface area contributed by atoms with Crippen molar-refractivity contribution in [2.45, 2.75) is 6.92 Å². The molecule has 2 nitrogen and oxygen atoms in total. The summed E-state index contributed by atoms with van der Waals surface area (Å²) in [6.45, 7) is 2.10. The van der Waals surface area contributed by atoms with Gasteiger partial charge in [-0.3, -0.25) is 0 Å². The Kier molecular flexibility index (Phi) is 1.39. The van der Waals surface area contributed by atoms with Gasteiger partial charge in [0.05, 0.1) is 0 Å². The van der Waals surface area contributed by atoms with E-state index in [1.165, 1.54) is 21.9 Å². The smallest absolute Gasteiger partial charge is 0.138 e. The van der Waals surface area contributed by atoms with Gasteiger partial charge in [0.25, 0.3) is 0 Å². The van der Waals surface area contributed by atoms with Crippen molar-refractivity contribution in [2.75, 3.05) is 0 Å². The van der Waals surface area contributed by atoms with E-state index in [1.54, 1.807) is 0 Å². The highest BCUT2D eigenvalue weighted by Crippen LogP contribution is 2.23. The van der Waals surface area contributed by atoms with Crippen molar-refractivity contribution in [2.24, 2.45) is 0 Å². The first-order valence-electron chi connectivity index (χ1n) is 4.68. The zero-order valence-corrected chi connectivity index (χ0v) is 7.91. The Balaban J connectivity index is 2.57. The summed E-state index contributed by atoms with van der Waals surface area (Å²) < 4.78 is 0. The minimum atomic E-state index is 0.966. The standard InChI is InChI=1S/C12H10N2/c1-8-4-5-9-10-3-2-6-13-12(10)14-11(9)7-8/h2-7H,1H3,(H,13,14). The molecule has 1 aromatic carbocycles. The molecule has 2 heteroatoms. The molecule has 14 heavy (non-hydrogen) atoms. The summed E-state index contributed by atoms with van der Waals surface area (Å²) in [4.78, 5) is 7.60. The first kappa shape index (κ1) is 7.56. The average Bonchev–Trinajstić information content (AvgIpc) is 2.54. The maximum Gasteiger partial charge on any atom is 0.138 e. The number of nitrogens with zero attached hydrogens (tertiary/aromatic N) is 1. The molecule has 2 aromatic heterocycles. The highest BCUT2D eigenvalue weighted by Gasteiger charge is 2.03. The SMILES string of the molecule is Cc1ccc2c(c1)[nH]c1ncccc12. The van der Waals surface area contributed by atoms with Crippen LogP contribution < -0.4 is 0 Å². The molecule has 2 heterocycles. The van der Waals surface area contributed by atoms with Crippen LogP contribution in [0.2, 0.25) is 0 Å². The lowest BCUT2D eigenvalue weighted by Gasteiger charge is -1.91. The van der Waals surface area contributed by atoms with E-state index in [0.29, 0.717) is 0 Å². The van der Waals surface area contributed by atoms with Gasteiger partial charge in [-0.1, -0.05) is 12.1 Å². The van der Waals surface area contributed by atoms with Crippen LogP contribution in [0.1, 0.15) is 5.56 Å². The number of hydrogen-bond donors (Lipinski definition) is 1. The Hall–Kier alpha value is -1.83. The zero-order valence-electron chi connectivity index (χ0n) is 7.91. The molecule has 0 saturated carbocycles. The summed E-state index contributed by atoms with van der Waals surface area (Å²) >= 11 is 0. The van der Waals surface area contributed by atoms with E-state index in [2.05, 4.69) is 41.2 Å². The van der Waals surface area contributed by atoms with Crippen LogP contribution in [0, 0.1) is 6.92 Å². The number of aromatic nitrogens is 2. The van der Waals surface area contributed by atoms with E-state index in [-0.39, 0.29) is 0 Å². The molecule has 68 valence electrons. The molecule has 0 aliphatic rings. The van der Waals surface area contributed by atoms with Crippen molar-refractivity contribution >= 4 is 21.9 Å². The predicted octanol–water partition coefficient (Wildman–Crippen LogP) is 3.02. The van der Waals surface area contributed by atoms with E-state index in [1.807, 2.05) is 12.3 Å². The first-order valence-corrected chi connectivity index (χ1v) is 4.68. The van der Waals surface area contributed by atoms with Crippen molar-refractivity contribution in [1.29, 1.82) is 0 Å². The number of nitrogens with one attached hydrogen (secondary N) is 1. The summed E-state index contributed by atoms with van der Waals surface area (Å²) in [7, 11) is 0. The summed E-state index contributed by atoms with van der Waals surface area (Å²) in [5.74, 6) is 0. The van der Waals surface area contributed by atoms with E-state index in [0.717, 1.165) is 5.65 Å². The molecule has 0 radical (unpaired) electrons. The van der Waals surface area contributed by atoms with Crippen molar-refractivity contribution in [3.63, 3.8) is 0 Å². The zero-order chi connectivity index (χ0) is 9.54. The third-order valence-electron chi connectivity index (χ3n) is 2.53. The van der Waals surface area contributed by atoms with Gasteiger partial charge in [0.1, 0.15) is 5.65 Å². The second kappa shape index (κ2) is 2.58. The van der Waals surface area contributed by atoms with Crippen molar-refractivity contribution in [3.8, 4) is 0 Å². The lowest BCUT2D eigenvalue weighted by molar-refractivity contribution is 1.34. The lowest BCUT2D eigenvalue weighted by Crippen LogP contribution is -1.71. The number of fused-ring (bicyclic) bond motifs is 3. The van der Waals surface area contributed by atoms with Gasteiger partial charge in [0.15, 0.2) is 0 Å². The van der Waals surface area contributed by atoms with E-state index < -0.39 is 0 Å². The van der Waals surface area contributed by atoms with Crippen molar-refractivity contribution in [3.05, 3.63) is 42.1 Å². The van der Waals surface area contributed by atoms with Gasteiger partial charge in [0.2, 0.25) is 0 Å². The number of benzene rings is 1. The van der Waals surface area contributed by atoms with E-state index in [9.17, 15) is 0 Å². The number of hydrogen-bond acceptors (Lipinski definition) is 1. The van der Waals surface area contributed by atoms with Gasteiger partial charge in [-0.05, 0) is 30.7 Å². The fraction of sp³-hybridized carbons (Fsp3) is 0.0833. The summed E-state index contributed by atoms with van der Waals surface area (Å²) in [6.07, 6.45) is 1.81. The third kappa shape index (κ3) is 0.940. The molecular formula is C12H10N2. The molecule has 3 aromatic rings. The van der Waals surface area contributed by atoms with Crippen LogP contribution in [0.4, 0.5) is 0 Å². The molecule has 0 amide bonds. The molecule has 0 spiro atoms. The molecule has 1 N–H and O–H groups in total. The Bertz CT molecular complexity index is 608. The minimum absolute atomic E-state index is 0.966. The Labute approximate surface area is 81.6 Å². The first-order chi connectivity index (χ1) is 6.84. The van der Waals surface area contributed by atoms with Gasteiger partial charge >= 0.3 is 0 Å². The molecule has 0 aliphatic carbocycles. The number of rotatable bonds is 0. The molecule has 0 fully saturated rings. The minimum Gasteiger partial charge on any atom is -0.339 e. The topological polar surface area (TPSA) is 28.7 Å². The van der Waals surface area contributed by atoms with Crippen LogP contribution >= 0.6 is 0 Å². The van der Waals surface area contributed by atoms with Gasteiger partial charge in [-0.2, -0.15) is 0 Å². The van der Waals surface area contributed by atoms with Crippen molar-refractivity contribution in [1.82, 2.24) is 9.97 Å². The predicted molar refractivity (Wildman–Crippen MR) is 58.3 cm³/mol. The second-order valence-electron chi connectivity index (χ2n) is 3.57. The normalized spacial score (nSPS) is 11.2. The van der Waals surface area contributed by atoms with Crippen LogP contribution in [-0.4, -0.2) is 9.97 Å². The molecule has 3 rings (SSSR count). The Morgan fingerprint density at radius 1 is 1.14 bits per heavy atom. The van der Waals surface area contributed by atoms with Crippen LogP contribution in [0.15, 0.2) is 36.5 Å². The van der Waals surface area contributed by atoms with E-state index in [4.69, 9.17) is 0 Å².